The van der Waals surface area contributed by atoms with Crippen molar-refractivity contribution in [1.29, 1.82) is 0 Å². The lowest BCUT2D eigenvalue weighted by Gasteiger charge is -2.10. The Kier molecular flexibility index (Phi) is 4.96. The van der Waals surface area contributed by atoms with Gasteiger partial charge in [0.1, 0.15) is 12.0 Å². The maximum Gasteiger partial charge on any atom is 0.257 e. The number of anilines is 1. The molecular formula is C23H17ClN2O2. The van der Waals surface area contributed by atoms with Gasteiger partial charge in [-0.1, -0.05) is 54.1 Å². The Morgan fingerprint density at radius 2 is 1.71 bits per heavy atom. The van der Waals surface area contributed by atoms with Crippen LogP contribution in [-0.4, -0.2) is 10.9 Å². The van der Waals surface area contributed by atoms with Crippen molar-refractivity contribution in [2.45, 2.75) is 6.92 Å². The van der Waals surface area contributed by atoms with E-state index < -0.39 is 0 Å². The fourth-order valence-corrected chi connectivity index (χ4v) is 3.14. The molecule has 0 spiro atoms. The molecule has 5 heteroatoms. The van der Waals surface area contributed by atoms with E-state index in [1.54, 1.807) is 30.5 Å². The highest BCUT2D eigenvalue weighted by Gasteiger charge is 2.13. The topological polar surface area (TPSA) is 55.1 Å². The molecule has 0 unspecified atom stereocenters. The molecule has 1 N–H and O–H groups in total. The smallest absolute Gasteiger partial charge is 0.257 e. The summed E-state index contributed by atoms with van der Waals surface area (Å²) in [6, 6.07) is 22.5. The first-order chi connectivity index (χ1) is 13.6. The maximum atomic E-state index is 12.5. The minimum absolute atomic E-state index is 0.246. The second-order valence-corrected chi connectivity index (χ2v) is 6.77. The van der Waals surface area contributed by atoms with E-state index in [1.165, 1.54) is 0 Å². The van der Waals surface area contributed by atoms with Crippen LogP contribution in [0.3, 0.4) is 0 Å². The zero-order valence-electron chi connectivity index (χ0n) is 15.1. The van der Waals surface area contributed by atoms with E-state index in [1.807, 2.05) is 55.5 Å². The van der Waals surface area contributed by atoms with E-state index in [0.29, 0.717) is 22.2 Å². The third-order valence-electron chi connectivity index (χ3n) is 4.41. The Morgan fingerprint density at radius 1 is 0.964 bits per heavy atom. The highest BCUT2D eigenvalue weighted by Crippen LogP contribution is 2.28. The number of hydrogen-bond donors (Lipinski definition) is 1. The quantitative estimate of drug-likeness (QED) is 0.451. The third-order valence-corrected chi connectivity index (χ3v) is 4.74. The Bertz CT molecular complexity index is 1140. The first kappa shape index (κ1) is 18.0. The molecule has 0 atom stereocenters. The van der Waals surface area contributed by atoms with E-state index in [4.69, 9.17) is 16.0 Å². The molecule has 28 heavy (non-hydrogen) atoms. The molecule has 4 rings (SSSR count). The normalized spacial score (nSPS) is 10.6. The Morgan fingerprint density at radius 3 is 2.46 bits per heavy atom. The summed E-state index contributed by atoms with van der Waals surface area (Å²) in [6.45, 7) is 1.92. The zero-order valence-corrected chi connectivity index (χ0v) is 15.9. The van der Waals surface area contributed by atoms with Crippen molar-refractivity contribution in [2.24, 2.45) is 0 Å². The number of benzene rings is 3. The van der Waals surface area contributed by atoms with Crippen LogP contribution >= 0.6 is 11.6 Å². The molecule has 3 aromatic carbocycles. The van der Waals surface area contributed by atoms with Crippen molar-refractivity contribution in [3.05, 3.63) is 95.2 Å². The number of hydrogen-bond acceptors (Lipinski definition) is 3. The molecule has 0 saturated heterocycles. The number of halogens is 1. The van der Waals surface area contributed by atoms with Gasteiger partial charge in [0.15, 0.2) is 0 Å². The number of rotatable bonds is 4. The molecule has 0 saturated carbocycles. The SMILES string of the molecule is Cc1cc(-c2nc(-c3ccccc3)co2)ccc1NC(=O)c1ccccc1Cl. The van der Waals surface area contributed by atoms with Crippen molar-refractivity contribution in [3.8, 4) is 22.7 Å². The molecule has 4 nitrogen and oxygen atoms in total. The second kappa shape index (κ2) is 7.71. The van der Waals surface area contributed by atoms with Gasteiger partial charge >= 0.3 is 0 Å². The molecule has 4 aromatic rings. The first-order valence-corrected chi connectivity index (χ1v) is 9.17. The summed E-state index contributed by atoms with van der Waals surface area (Å²) in [6.07, 6.45) is 1.65. The van der Waals surface area contributed by atoms with Crippen LogP contribution in [0, 0.1) is 6.92 Å². The number of aryl methyl sites for hydroxylation is 1. The number of nitrogens with zero attached hydrogens (tertiary/aromatic N) is 1. The van der Waals surface area contributed by atoms with Crippen molar-refractivity contribution in [2.75, 3.05) is 5.32 Å². The Hall–Kier alpha value is -3.37. The highest BCUT2D eigenvalue weighted by molar-refractivity contribution is 6.34. The number of nitrogens with one attached hydrogen (secondary N) is 1. The van der Waals surface area contributed by atoms with Crippen molar-refractivity contribution < 1.29 is 9.21 Å². The summed E-state index contributed by atoms with van der Waals surface area (Å²) in [5, 5.41) is 3.32. The van der Waals surface area contributed by atoms with Gasteiger partial charge in [0.2, 0.25) is 5.89 Å². The lowest BCUT2D eigenvalue weighted by Crippen LogP contribution is -2.13. The zero-order chi connectivity index (χ0) is 19.5. The predicted molar refractivity (Wildman–Crippen MR) is 112 cm³/mol. The minimum Gasteiger partial charge on any atom is -0.444 e. The van der Waals surface area contributed by atoms with Crippen molar-refractivity contribution in [1.82, 2.24) is 4.98 Å². The average Bonchev–Trinajstić information content (AvgIpc) is 3.21. The molecule has 0 radical (unpaired) electrons. The van der Waals surface area contributed by atoms with Crippen LogP contribution in [-0.2, 0) is 0 Å². The first-order valence-electron chi connectivity index (χ1n) is 8.79. The van der Waals surface area contributed by atoms with E-state index in [2.05, 4.69) is 10.3 Å². The van der Waals surface area contributed by atoms with Gasteiger partial charge in [0.25, 0.3) is 5.91 Å². The number of aromatic nitrogens is 1. The summed E-state index contributed by atoms with van der Waals surface area (Å²) >= 11 is 6.10. The summed E-state index contributed by atoms with van der Waals surface area (Å²) in [4.78, 5) is 17.0. The van der Waals surface area contributed by atoms with E-state index in [-0.39, 0.29) is 5.91 Å². The summed E-state index contributed by atoms with van der Waals surface area (Å²) in [5.74, 6) is 0.287. The molecule has 0 aliphatic rings. The fourth-order valence-electron chi connectivity index (χ4n) is 2.92. The van der Waals surface area contributed by atoms with Gasteiger partial charge in [0, 0.05) is 16.8 Å². The molecular weight excluding hydrogens is 372 g/mol. The van der Waals surface area contributed by atoms with Gasteiger partial charge in [-0.2, -0.15) is 0 Å². The van der Waals surface area contributed by atoms with Crippen molar-refractivity contribution >= 4 is 23.2 Å². The van der Waals surface area contributed by atoms with Crippen LogP contribution < -0.4 is 5.32 Å². The average molecular weight is 389 g/mol. The van der Waals surface area contributed by atoms with Gasteiger partial charge in [0.05, 0.1) is 10.6 Å². The van der Waals surface area contributed by atoms with Crippen LogP contribution in [0.5, 0.6) is 0 Å². The van der Waals surface area contributed by atoms with E-state index in [9.17, 15) is 4.79 Å². The number of amides is 1. The molecule has 1 aromatic heterocycles. The molecule has 1 amide bonds. The second-order valence-electron chi connectivity index (χ2n) is 6.37. The van der Waals surface area contributed by atoms with Gasteiger partial charge in [-0.25, -0.2) is 4.98 Å². The standard InChI is InChI=1S/C23H17ClN2O2/c1-15-13-17(23-26-21(14-28-23)16-7-3-2-4-8-16)11-12-20(15)25-22(27)18-9-5-6-10-19(18)24/h2-14H,1H3,(H,25,27). The van der Waals surface area contributed by atoms with Gasteiger partial charge in [-0.05, 0) is 42.8 Å². The van der Waals surface area contributed by atoms with Crippen LogP contribution in [0.15, 0.2) is 83.5 Å². The number of carbonyl (C=O) groups excluding carboxylic acids is 1. The van der Waals surface area contributed by atoms with Crippen LogP contribution in [0.4, 0.5) is 5.69 Å². The Balaban J connectivity index is 1.56. The molecule has 1 heterocycles. The summed E-state index contributed by atoms with van der Waals surface area (Å²) < 4.78 is 5.65. The lowest BCUT2D eigenvalue weighted by molar-refractivity contribution is 0.102. The molecule has 138 valence electrons. The van der Waals surface area contributed by atoms with Gasteiger partial charge in [-0.15, -0.1) is 0 Å². The van der Waals surface area contributed by atoms with Crippen LogP contribution in [0.1, 0.15) is 15.9 Å². The third kappa shape index (κ3) is 3.68. The summed E-state index contributed by atoms with van der Waals surface area (Å²) in [5.41, 5.74) is 4.67. The Labute approximate surface area is 167 Å². The largest absolute Gasteiger partial charge is 0.444 e. The number of carbonyl (C=O) groups is 1. The predicted octanol–water partition coefficient (Wildman–Crippen LogP) is 6.22. The van der Waals surface area contributed by atoms with Crippen LogP contribution in [0.2, 0.25) is 5.02 Å². The van der Waals surface area contributed by atoms with E-state index in [0.717, 1.165) is 22.4 Å². The summed E-state index contributed by atoms with van der Waals surface area (Å²) in [7, 11) is 0. The lowest BCUT2D eigenvalue weighted by atomic mass is 10.1. The molecule has 0 aliphatic heterocycles. The fraction of sp³-hybridized carbons (Fsp3) is 0.0435. The number of oxazole rings is 1. The molecule has 0 bridgehead atoms. The molecule has 0 aliphatic carbocycles. The minimum atomic E-state index is -0.246. The molecule has 0 fully saturated rings. The van der Waals surface area contributed by atoms with E-state index >= 15 is 0 Å². The van der Waals surface area contributed by atoms with Gasteiger partial charge < -0.3 is 9.73 Å². The van der Waals surface area contributed by atoms with Crippen LogP contribution in [0.25, 0.3) is 22.7 Å². The highest BCUT2D eigenvalue weighted by atomic mass is 35.5. The van der Waals surface area contributed by atoms with Crippen molar-refractivity contribution in [3.63, 3.8) is 0 Å². The monoisotopic (exact) mass is 388 g/mol. The van der Waals surface area contributed by atoms with Gasteiger partial charge in [-0.3, -0.25) is 4.79 Å². The maximum absolute atomic E-state index is 12.5.